The summed E-state index contributed by atoms with van der Waals surface area (Å²) in [6, 6.07) is 10.5. The Hall–Kier alpha value is -1.43. The summed E-state index contributed by atoms with van der Waals surface area (Å²) in [6.07, 6.45) is 0. The van der Waals surface area contributed by atoms with Crippen LogP contribution in [0.4, 0.5) is 11.4 Å². The van der Waals surface area contributed by atoms with Crippen LogP contribution in [0.1, 0.15) is 0 Å². The van der Waals surface area contributed by atoms with Gasteiger partial charge in [-0.3, -0.25) is 4.72 Å². The Morgan fingerprint density at radius 1 is 1.00 bits per heavy atom. The summed E-state index contributed by atoms with van der Waals surface area (Å²) in [5, 5.41) is 0.720. The van der Waals surface area contributed by atoms with Gasteiger partial charge in [-0.25, -0.2) is 8.42 Å². The minimum absolute atomic E-state index is 0.0432. The summed E-state index contributed by atoms with van der Waals surface area (Å²) in [4.78, 5) is 0.0432. The molecule has 3 N–H and O–H groups in total. The van der Waals surface area contributed by atoms with Crippen LogP contribution < -0.4 is 10.5 Å². The van der Waals surface area contributed by atoms with E-state index in [2.05, 4.69) is 4.72 Å². The van der Waals surface area contributed by atoms with Crippen molar-refractivity contribution in [1.29, 1.82) is 0 Å². The Bertz CT molecular complexity index is 700. The molecule has 4 nitrogen and oxygen atoms in total. The van der Waals surface area contributed by atoms with Crippen LogP contribution in [0, 0.1) is 0 Å². The molecule has 0 saturated carbocycles. The van der Waals surface area contributed by atoms with Crippen LogP contribution in [0.3, 0.4) is 0 Å². The molecule has 7 heteroatoms. The van der Waals surface area contributed by atoms with Crippen LogP contribution in [-0.2, 0) is 10.0 Å². The fraction of sp³-hybridized carbons (Fsp3) is 0. The van der Waals surface area contributed by atoms with E-state index in [0.29, 0.717) is 16.4 Å². The van der Waals surface area contributed by atoms with Gasteiger partial charge in [-0.1, -0.05) is 23.2 Å². The zero-order valence-electron chi connectivity index (χ0n) is 9.60. The molecular formula is C12H10Cl2N2O2S. The molecule has 0 heterocycles. The highest BCUT2D eigenvalue weighted by molar-refractivity contribution is 7.92. The van der Waals surface area contributed by atoms with Crippen LogP contribution in [0.5, 0.6) is 0 Å². The predicted octanol–water partition coefficient (Wildman–Crippen LogP) is 3.38. The third kappa shape index (κ3) is 3.32. The number of rotatable bonds is 3. The molecule has 0 spiro atoms. The fourth-order valence-corrected chi connectivity index (χ4v) is 2.86. The second kappa shape index (κ2) is 5.28. The Morgan fingerprint density at radius 2 is 1.63 bits per heavy atom. The van der Waals surface area contributed by atoms with Crippen molar-refractivity contribution in [3.63, 3.8) is 0 Å². The van der Waals surface area contributed by atoms with E-state index in [9.17, 15) is 8.42 Å². The van der Waals surface area contributed by atoms with Crippen LogP contribution in [0.2, 0.25) is 10.0 Å². The van der Waals surface area contributed by atoms with Crippen LogP contribution in [-0.4, -0.2) is 8.42 Å². The summed E-state index contributed by atoms with van der Waals surface area (Å²) < 4.78 is 26.6. The van der Waals surface area contributed by atoms with E-state index in [-0.39, 0.29) is 9.92 Å². The van der Waals surface area contributed by atoms with Crippen molar-refractivity contribution in [2.45, 2.75) is 4.90 Å². The van der Waals surface area contributed by atoms with Crippen molar-refractivity contribution in [3.05, 3.63) is 52.5 Å². The number of hydrogen-bond acceptors (Lipinski definition) is 3. The molecule has 2 aromatic carbocycles. The van der Waals surface area contributed by atoms with Gasteiger partial charge >= 0.3 is 0 Å². The molecule has 0 amide bonds. The fourth-order valence-electron chi connectivity index (χ4n) is 1.41. The first-order valence-electron chi connectivity index (χ1n) is 5.22. The lowest BCUT2D eigenvalue weighted by atomic mass is 10.3. The monoisotopic (exact) mass is 316 g/mol. The smallest absolute Gasteiger partial charge is 0.261 e. The summed E-state index contributed by atoms with van der Waals surface area (Å²) in [5.41, 5.74) is 6.28. The second-order valence-electron chi connectivity index (χ2n) is 3.80. The Balaban J connectivity index is 2.32. The molecule has 2 rings (SSSR count). The number of benzene rings is 2. The molecule has 0 aliphatic carbocycles. The highest BCUT2D eigenvalue weighted by Gasteiger charge is 2.15. The van der Waals surface area contributed by atoms with E-state index in [1.165, 1.54) is 18.2 Å². The number of nitrogen functional groups attached to an aromatic ring is 1. The first kappa shape index (κ1) is 14.0. The quantitative estimate of drug-likeness (QED) is 0.853. The minimum Gasteiger partial charge on any atom is -0.398 e. The average Bonchev–Trinajstić information content (AvgIpc) is 2.35. The molecule has 0 aliphatic rings. The number of nitrogens with one attached hydrogen (secondary N) is 1. The van der Waals surface area contributed by atoms with E-state index in [4.69, 9.17) is 28.9 Å². The lowest BCUT2D eigenvalue weighted by molar-refractivity contribution is 0.601. The molecule has 0 aromatic heterocycles. The molecule has 0 atom stereocenters. The molecule has 0 aliphatic heterocycles. The lowest BCUT2D eigenvalue weighted by Crippen LogP contribution is -2.13. The number of nitrogens with two attached hydrogens (primary N) is 1. The number of anilines is 2. The van der Waals surface area contributed by atoms with Gasteiger partial charge in [0, 0.05) is 10.7 Å². The van der Waals surface area contributed by atoms with Gasteiger partial charge in [0.25, 0.3) is 10.0 Å². The van der Waals surface area contributed by atoms with Gasteiger partial charge in [0.1, 0.15) is 0 Å². The van der Waals surface area contributed by atoms with Crippen molar-refractivity contribution in [1.82, 2.24) is 0 Å². The molecular weight excluding hydrogens is 307 g/mol. The molecule has 0 saturated heterocycles. The van der Waals surface area contributed by atoms with Crippen molar-refractivity contribution >= 4 is 44.6 Å². The summed E-state index contributed by atoms with van der Waals surface area (Å²) in [6.45, 7) is 0. The summed E-state index contributed by atoms with van der Waals surface area (Å²) in [7, 11) is -3.70. The van der Waals surface area contributed by atoms with E-state index < -0.39 is 10.0 Å². The third-order valence-electron chi connectivity index (χ3n) is 2.38. The Kier molecular flexibility index (Phi) is 3.89. The van der Waals surface area contributed by atoms with Crippen molar-refractivity contribution < 1.29 is 8.42 Å². The normalized spacial score (nSPS) is 11.3. The maximum Gasteiger partial charge on any atom is 0.261 e. The van der Waals surface area contributed by atoms with E-state index >= 15 is 0 Å². The van der Waals surface area contributed by atoms with E-state index in [1.807, 2.05) is 0 Å². The molecule has 100 valence electrons. The van der Waals surface area contributed by atoms with Crippen LogP contribution >= 0.6 is 23.2 Å². The van der Waals surface area contributed by atoms with Crippen LogP contribution in [0.15, 0.2) is 47.4 Å². The summed E-state index contributed by atoms with van der Waals surface area (Å²) in [5.74, 6) is 0. The molecule has 0 bridgehead atoms. The molecule has 0 fully saturated rings. The highest BCUT2D eigenvalue weighted by atomic mass is 35.5. The molecule has 19 heavy (non-hydrogen) atoms. The maximum absolute atomic E-state index is 12.1. The first-order valence-corrected chi connectivity index (χ1v) is 7.46. The van der Waals surface area contributed by atoms with E-state index in [1.54, 1.807) is 24.3 Å². The van der Waals surface area contributed by atoms with Crippen molar-refractivity contribution in [2.75, 3.05) is 10.5 Å². The number of halogens is 2. The van der Waals surface area contributed by atoms with Crippen molar-refractivity contribution in [3.8, 4) is 0 Å². The predicted molar refractivity (Wildman–Crippen MR) is 78.1 cm³/mol. The minimum atomic E-state index is -3.70. The maximum atomic E-state index is 12.1. The second-order valence-corrected chi connectivity index (χ2v) is 6.32. The Morgan fingerprint density at radius 3 is 2.21 bits per heavy atom. The molecule has 0 radical (unpaired) electrons. The topological polar surface area (TPSA) is 72.2 Å². The first-order chi connectivity index (χ1) is 8.88. The lowest BCUT2D eigenvalue weighted by Gasteiger charge is -2.09. The van der Waals surface area contributed by atoms with Gasteiger partial charge in [-0.2, -0.15) is 0 Å². The summed E-state index contributed by atoms with van der Waals surface area (Å²) >= 11 is 11.5. The zero-order valence-corrected chi connectivity index (χ0v) is 11.9. The van der Waals surface area contributed by atoms with Gasteiger partial charge in [-0.15, -0.1) is 0 Å². The molecule has 0 unspecified atom stereocenters. The van der Waals surface area contributed by atoms with Gasteiger partial charge < -0.3 is 5.73 Å². The third-order valence-corrected chi connectivity index (χ3v) is 4.34. The standard InChI is InChI=1S/C12H10Cl2N2O2S/c13-8-1-3-9(4-2-8)16-19(17,18)10-5-6-12(15)11(14)7-10/h1-7,16H,15H2. The highest BCUT2D eigenvalue weighted by Crippen LogP contribution is 2.24. The van der Waals surface area contributed by atoms with Gasteiger partial charge in [-0.05, 0) is 42.5 Å². The van der Waals surface area contributed by atoms with Gasteiger partial charge in [0.15, 0.2) is 0 Å². The van der Waals surface area contributed by atoms with Gasteiger partial charge in [0.05, 0.1) is 15.6 Å². The Labute approximate surface area is 121 Å². The van der Waals surface area contributed by atoms with Gasteiger partial charge in [0.2, 0.25) is 0 Å². The average molecular weight is 317 g/mol. The van der Waals surface area contributed by atoms with E-state index in [0.717, 1.165) is 0 Å². The zero-order chi connectivity index (χ0) is 14.0. The van der Waals surface area contributed by atoms with Crippen LogP contribution in [0.25, 0.3) is 0 Å². The number of hydrogen-bond donors (Lipinski definition) is 2. The largest absolute Gasteiger partial charge is 0.398 e. The SMILES string of the molecule is Nc1ccc(S(=O)(=O)Nc2ccc(Cl)cc2)cc1Cl. The molecule has 2 aromatic rings. The van der Waals surface area contributed by atoms with Crippen molar-refractivity contribution in [2.24, 2.45) is 0 Å². The number of sulfonamides is 1.